The lowest BCUT2D eigenvalue weighted by Gasteiger charge is -2.20. The number of rotatable bonds is 14. The van der Waals surface area contributed by atoms with E-state index < -0.39 is 24.0 Å². The first-order valence-corrected chi connectivity index (χ1v) is 13.9. The quantitative estimate of drug-likeness (QED) is 0.273. The van der Waals surface area contributed by atoms with Crippen LogP contribution in [0, 0.1) is 11.8 Å². The highest BCUT2D eigenvalue weighted by atomic mass is 16.5. The molecule has 0 spiro atoms. The first-order chi connectivity index (χ1) is 19.9. The fourth-order valence-corrected chi connectivity index (χ4v) is 4.93. The van der Waals surface area contributed by atoms with Gasteiger partial charge in [0.15, 0.2) is 23.1 Å². The molecule has 0 bridgehead atoms. The molecule has 0 saturated heterocycles. The zero-order chi connectivity index (χ0) is 31.1. The summed E-state index contributed by atoms with van der Waals surface area (Å²) >= 11 is 0. The third-order valence-electron chi connectivity index (χ3n) is 7.23. The average Bonchev–Trinajstić information content (AvgIpc) is 2.95. The topological polar surface area (TPSA) is 145 Å². The summed E-state index contributed by atoms with van der Waals surface area (Å²) in [7, 11) is 2.58. The molecule has 10 nitrogen and oxygen atoms in total. The van der Waals surface area contributed by atoms with Gasteiger partial charge in [0.2, 0.25) is 0 Å². The first kappa shape index (κ1) is 32.5. The van der Waals surface area contributed by atoms with Crippen LogP contribution in [0.15, 0.2) is 36.4 Å². The van der Waals surface area contributed by atoms with Gasteiger partial charge < -0.3 is 9.47 Å². The molecule has 42 heavy (non-hydrogen) atoms. The maximum Gasteiger partial charge on any atom is 0.323 e. The molecule has 0 radical (unpaired) electrons. The van der Waals surface area contributed by atoms with Crippen LogP contribution >= 0.6 is 0 Å². The Labute approximate surface area is 245 Å². The first-order valence-electron chi connectivity index (χ1n) is 13.9. The molecule has 224 valence electrons. The van der Waals surface area contributed by atoms with Gasteiger partial charge in [-0.25, -0.2) is 0 Å². The molecule has 1 aliphatic carbocycles. The number of nitrogens with one attached hydrogen (secondary N) is 2. The Balaban J connectivity index is 1.72. The zero-order valence-electron chi connectivity index (χ0n) is 24.9. The van der Waals surface area contributed by atoms with Crippen molar-refractivity contribution in [1.29, 1.82) is 0 Å². The van der Waals surface area contributed by atoms with Crippen molar-refractivity contribution in [1.82, 2.24) is 10.6 Å². The third-order valence-corrected chi connectivity index (χ3v) is 7.23. The number of carbonyl (C=O) groups excluding carboxylic acids is 6. The second kappa shape index (κ2) is 14.2. The summed E-state index contributed by atoms with van der Waals surface area (Å²) in [5, 5.41) is 5.86. The Kier molecular flexibility index (Phi) is 11.0. The van der Waals surface area contributed by atoms with Crippen LogP contribution < -0.4 is 10.6 Å². The number of hydrogen-bond donors (Lipinski definition) is 2. The number of methoxy groups -OCH3 is 2. The van der Waals surface area contributed by atoms with Crippen molar-refractivity contribution in [3.8, 4) is 0 Å². The van der Waals surface area contributed by atoms with E-state index in [1.165, 1.54) is 14.2 Å². The van der Waals surface area contributed by atoms with Gasteiger partial charge in [-0.05, 0) is 35.1 Å². The smallest absolute Gasteiger partial charge is 0.323 e. The molecule has 2 aromatic rings. The SMILES string of the molecule is COC(=O)[C@@H](NCC(=O)Cc1ccc2c(c1)C(=O)c1cc(CC(=O)CN[C@@H](C(=O)OC)C(C)C)ccc1C2=O)C(C)C. The summed E-state index contributed by atoms with van der Waals surface area (Å²) in [6, 6.07) is 8.25. The van der Waals surface area contributed by atoms with Gasteiger partial charge in [0.05, 0.1) is 27.3 Å². The number of Topliss-reactive ketones (excluding diaryl/α,β-unsaturated/α-hetero) is 2. The molecule has 0 heterocycles. The van der Waals surface area contributed by atoms with E-state index >= 15 is 0 Å². The standard InChI is InChI=1S/C32H38N2O8/c1-17(2)27(31(39)41-5)33-15-21(35)11-19-7-9-23-25(13-19)30(38)26-14-20(8-10-24(26)29(23)37)12-22(36)16-34-28(18(3)4)32(40)42-6/h7-10,13-14,17-18,27-28,33-34H,11-12,15-16H2,1-6H3/t27-,28+. The van der Waals surface area contributed by atoms with Crippen molar-refractivity contribution in [2.75, 3.05) is 27.3 Å². The minimum atomic E-state index is -0.625. The van der Waals surface area contributed by atoms with Crippen LogP contribution in [-0.2, 0) is 41.5 Å². The molecule has 0 aliphatic heterocycles. The Morgan fingerprint density at radius 1 is 0.619 bits per heavy atom. The molecule has 0 saturated carbocycles. The van der Waals surface area contributed by atoms with Crippen LogP contribution in [-0.4, -0.2) is 74.5 Å². The number of benzene rings is 2. The van der Waals surface area contributed by atoms with E-state index in [1.807, 2.05) is 27.7 Å². The maximum absolute atomic E-state index is 13.5. The fraction of sp³-hybridized carbons (Fsp3) is 0.438. The summed E-state index contributed by atoms with van der Waals surface area (Å²) in [5.41, 5.74) is 2.02. The molecule has 0 aromatic heterocycles. The number of fused-ring (bicyclic) bond motifs is 2. The molecule has 1 aliphatic rings. The van der Waals surface area contributed by atoms with Crippen molar-refractivity contribution in [3.05, 3.63) is 69.8 Å². The molecule has 2 N–H and O–H groups in total. The van der Waals surface area contributed by atoms with E-state index in [1.54, 1.807) is 36.4 Å². The molecule has 3 rings (SSSR count). The van der Waals surface area contributed by atoms with Crippen LogP contribution in [0.25, 0.3) is 0 Å². The summed E-state index contributed by atoms with van der Waals surface area (Å²) in [6.07, 6.45) is 0.0101. The lowest BCUT2D eigenvalue weighted by molar-refractivity contribution is -0.145. The van der Waals surface area contributed by atoms with Crippen LogP contribution in [0.5, 0.6) is 0 Å². The molecule has 0 amide bonds. The summed E-state index contributed by atoms with van der Waals surface area (Å²) < 4.78 is 9.58. The highest BCUT2D eigenvalue weighted by molar-refractivity contribution is 6.28. The highest BCUT2D eigenvalue weighted by Crippen LogP contribution is 2.29. The van der Waals surface area contributed by atoms with Gasteiger partial charge in [-0.15, -0.1) is 0 Å². The molecule has 0 fully saturated rings. The average molecular weight is 579 g/mol. The van der Waals surface area contributed by atoms with Gasteiger partial charge in [0.1, 0.15) is 12.1 Å². The molecule has 10 heteroatoms. The Morgan fingerprint density at radius 3 is 1.31 bits per heavy atom. The number of ether oxygens (including phenoxy) is 2. The molecular formula is C32H38N2O8. The zero-order valence-corrected chi connectivity index (χ0v) is 24.9. The number of carbonyl (C=O) groups is 6. The van der Waals surface area contributed by atoms with Crippen molar-refractivity contribution in [2.24, 2.45) is 11.8 Å². The molecule has 2 aromatic carbocycles. The maximum atomic E-state index is 13.5. The van der Waals surface area contributed by atoms with Crippen LogP contribution in [0.3, 0.4) is 0 Å². The summed E-state index contributed by atoms with van der Waals surface area (Å²) in [4.78, 5) is 75.9. The van der Waals surface area contributed by atoms with Gasteiger partial charge in [0, 0.05) is 35.1 Å². The Bertz CT molecular complexity index is 1290. The molecule has 2 atom stereocenters. The number of hydrogen-bond acceptors (Lipinski definition) is 10. The lowest BCUT2D eigenvalue weighted by atomic mass is 9.82. The van der Waals surface area contributed by atoms with Gasteiger partial charge >= 0.3 is 11.9 Å². The highest BCUT2D eigenvalue weighted by Gasteiger charge is 2.31. The molecule has 0 unspecified atom stereocenters. The van der Waals surface area contributed by atoms with Crippen molar-refractivity contribution >= 4 is 35.1 Å². The minimum absolute atomic E-state index is 0.00504. The predicted octanol–water partition coefficient (Wildman–Crippen LogP) is 2.26. The summed E-state index contributed by atoms with van der Waals surface area (Å²) in [5.74, 6) is -2.12. The summed E-state index contributed by atoms with van der Waals surface area (Å²) in [6.45, 7) is 7.25. The second-order valence-electron chi connectivity index (χ2n) is 11.1. The monoisotopic (exact) mass is 578 g/mol. The fourth-order valence-electron chi connectivity index (χ4n) is 4.93. The van der Waals surface area contributed by atoms with E-state index in [9.17, 15) is 28.8 Å². The minimum Gasteiger partial charge on any atom is -0.468 e. The second-order valence-corrected chi connectivity index (χ2v) is 11.1. The van der Waals surface area contributed by atoms with Crippen LogP contribution in [0.1, 0.15) is 70.7 Å². The number of esters is 2. The van der Waals surface area contributed by atoms with Gasteiger partial charge in [0.25, 0.3) is 0 Å². The van der Waals surface area contributed by atoms with Gasteiger partial charge in [-0.2, -0.15) is 0 Å². The van der Waals surface area contributed by atoms with E-state index in [-0.39, 0.29) is 83.2 Å². The predicted molar refractivity (Wildman–Crippen MR) is 154 cm³/mol. The van der Waals surface area contributed by atoms with Crippen molar-refractivity contribution < 1.29 is 38.2 Å². The lowest BCUT2D eigenvalue weighted by Crippen LogP contribution is -2.44. The van der Waals surface area contributed by atoms with Gasteiger partial charge in [-0.3, -0.25) is 39.4 Å². The normalized spacial score (nSPS) is 13.8. The number of ketones is 4. The van der Waals surface area contributed by atoms with Gasteiger partial charge in [-0.1, -0.05) is 52.0 Å². The Morgan fingerprint density at radius 2 is 0.976 bits per heavy atom. The third kappa shape index (κ3) is 7.63. The van der Waals surface area contributed by atoms with E-state index in [2.05, 4.69) is 10.6 Å². The largest absolute Gasteiger partial charge is 0.468 e. The van der Waals surface area contributed by atoms with Crippen molar-refractivity contribution in [2.45, 2.75) is 52.6 Å². The van der Waals surface area contributed by atoms with Crippen LogP contribution in [0.2, 0.25) is 0 Å². The van der Waals surface area contributed by atoms with Crippen molar-refractivity contribution in [3.63, 3.8) is 0 Å². The van der Waals surface area contributed by atoms with E-state index in [0.29, 0.717) is 11.1 Å². The van der Waals surface area contributed by atoms with E-state index in [0.717, 1.165) is 0 Å². The Hall–Kier alpha value is -4.02. The van der Waals surface area contributed by atoms with E-state index in [4.69, 9.17) is 9.47 Å². The molecular weight excluding hydrogens is 540 g/mol. The van der Waals surface area contributed by atoms with Crippen LogP contribution in [0.4, 0.5) is 0 Å².